The molecular weight excluding hydrogens is 306 g/mol. The van der Waals surface area contributed by atoms with Crippen LogP contribution < -0.4 is 4.90 Å². The molecule has 24 heavy (non-hydrogen) atoms. The molecule has 0 unspecified atom stereocenters. The summed E-state index contributed by atoms with van der Waals surface area (Å²) in [6.07, 6.45) is 5.27. The molecule has 7 heteroatoms. The van der Waals surface area contributed by atoms with Crippen LogP contribution in [0.3, 0.4) is 0 Å². The van der Waals surface area contributed by atoms with Crippen molar-refractivity contribution in [3.05, 3.63) is 41.9 Å². The molecule has 1 saturated heterocycles. The molecule has 3 rings (SSSR count). The molecule has 128 valence electrons. The van der Waals surface area contributed by atoms with E-state index in [2.05, 4.69) is 21.2 Å². The van der Waals surface area contributed by atoms with Gasteiger partial charge in [0.2, 0.25) is 0 Å². The van der Waals surface area contributed by atoms with Crippen LogP contribution in [0.4, 0.5) is 5.82 Å². The summed E-state index contributed by atoms with van der Waals surface area (Å²) in [5.74, 6) is 0.938. The van der Waals surface area contributed by atoms with E-state index in [1.165, 1.54) is 5.56 Å². The number of aryl methyl sites for hydroxylation is 1. The maximum absolute atomic E-state index is 12.4. The summed E-state index contributed by atoms with van der Waals surface area (Å²) in [7, 11) is 3.96. The van der Waals surface area contributed by atoms with Gasteiger partial charge in [-0.2, -0.15) is 5.10 Å². The maximum atomic E-state index is 12.4. The van der Waals surface area contributed by atoms with Crippen LogP contribution in [0.5, 0.6) is 0 Å². The summed E-state index contributed by atoms with van der Waals surface area (Å²) in [4.78, 5) is 20.5. The third-order valence-corrected chi connectivity index (χ3v) is 4.18. The van der Waals surface area contributed by atoms with Gasteiger partial charge < -0.3 is 14.5 Å². The number of nitrogens with zero attached hydrogens (tertiary/aromatic N) is 4. The smallest absolute Gasteiger partial charge is 0.272 e. The van der Waals surface area contributed by atoms with Crippen LogP contribution in [0.1, 0.15) is 22.5 Å². The van der Waals surface area contributed by atoms with Gasteiger partial charge >= 0.3 is 0 Å². The van der Waals surface area contributed by atoms with E-state index in [1.807, 2.05) is 36.2 Å². The lowest BCUT2D eigenvalue weighted by Gasteiger charge is -2.32. The van der Waals surface area contributed by atoms with E-state index in [0.29, 0.717) is 25.4 Å². The third kappa shape index (κ3) is 3.91. The van der Waals surface area contributed by atoms with Gasteiger partial charge in [0.15, 0.2) is 0 Å². The van der Waals surface area contributed by atoms with Crippen LogP contribution in [0.15, 0.2) is 30.6 Å². The number of H-pyrrole nitrogens is 1. The Hall–Kier alpha value is -2.41. The first kappa shape index (κ1) is 16.4. The number of morpholine rings is 1. The number of ether oxygens (including phenoxy) is 1. The number of anilines is 1. The van der Waals surface area contributed by atoms with E-state index in [9.17, 15) is 4.79 Å². The Morgan fingerprint density at radius 3 is 3.04 bits per heavy atom. The van der Waals surface area contributed by atoms with E-state index in [-0.39, 0.29) is 12.0 Å². The molecular formula is C17H23N5O2. The number of pyridine rings is 1. The summed E-state index contributed by atoms with van der Waals surface area (Å²) in [5, 5.41) is 6.57. The molecule has 0 spiro atoms. The molecule has 1 atom stereocenters. The standard InChI is InChI=1S/C17H23N5O2/c1-21(2)16-11-13(5-7-18-16)3-4-14-12-22(9-10-24-14)17(23)15-6-8-19-20-15/h5-8,11,14H,3-4,9-10,12H2,1-2H3,(H,19,20)/t14-/m0/s1. The fourth-order valence-electron chi connectivity index (χ4n) is 2.81. The molecule has 1 aliphatic heterocycles. The molecule has 1 fully saturated rings. The Kier molecular flexibility index (Phi) is 5.10. The number of carbonyl (C=O) groups is 1. The quantitative estimate of drug-likeness (QED) is 0.896. The zero-order valence-corrected chi connectivity index (χ0v) is 14.1. The van der Waals surface area contributed by atoms with Crippen molar-refractivity contribution in [2.45, 2.75) is 18.9 Å². The molecule has 1 amide bonds. The molecule has 1 aliphatic rings. The number of hydrogen-bond acceptors (Lipinski definition) is 5. The number of aromatic nitrogens is 3. The number of aromatic amines is 1. The average molecular weight is 329 g/mol. The molecule has 0 bridgehead atoms. The zero-order valence-electron chi connectivity index (χ0n) is 14.1. The number of rotatable bonds is 5. The lowest BCUT2D eigenvalue weighted by molar-refractivity contribution is -0.0247. The SMILES string of the molecule is CN(C)c1cc(CC[C@H]2CN(C(=O)c3ccn[nH]3)CCO2)ccn1. The Bertz CT molecular complexity index is 671. The Morgan fingerprint density at radius 1 is 1.42 bits per heavy atom. The first-order valence-corrected chi connectivity index (χ1v) is 8.16. The molecule has 0 saturated carbocycles. The van der Waals surface area contributed by atoms with E-state index in [4.69, 9.17) is 4.74 Å². The average Bonchev–Trinajstić information content (AvgIpc) is 3.14. The predicted molar refractivity (Wildman–Crippen MR) is 91.1 cm³/mol. The van der Waals surface area contributed by atoms with Crippen LogP contribution in [0.25, 0.3) is 0 Å². The largest absolute Gasteiger partial charge is 0.375 e. The van der Waals surface area contributed by atoms with Gasteiger partial charge in [0.05, 0.1) is 12.7 Å². The predicted octanol–water partition coefficient (Wildman–Crippen LogP) is 1.34. The van der Waals surface area contributed by atoms with Gasteiger partial charge in [-0.05, 0) is 36.6 Å². The van der Waals surface area contributed by atoms with Crippen molar-refractivity contribution in [2.75, 3.05) is 38.7 Å². The van der Waals surface area contributed by atoms with E-state index >= 15 is 0 Å². The monoisotopic (exact) mass is 329 g/mol. The van der Waals surface area contributed by atoms with Crippen LogP contribution in [-0.2, 0) is 11.2 Å². The van der Waals surface area contributed by atoms with Crippen molar-refractivity contribution in [1.82, 2.24) is 20.1 Å². The highest BCUT2D eigenvalue weighted by Crippen LogP contribution is 2.16. The molecule has 3 heterocycles. The number of hydrogen-bond donors (Lipinski definition) is 1. The summed E-state index contributed by atoms with van der Waals surface area (Å²) in [5.41, 5.74) is 1.76. The normalized spacial score (nSPS) is 17.8. The molecule has 0 aliphatic carbocycles. The minimum atomic E-state index is -0.0143. The van der Waals surface area contributed by atoms with Crippen LogP contribution in [0, 0.1) is 0 Å². The Labute approximate surface area is 141 Å². The molecule has 2 aromatic rings. The summed E-state index contributed by atoms with van der Waals surface area (Å²) < 4.78 is 5.83. The highest BCUT2D eigenvalue weighted by atomic mass is 16.5. The van der Waals surface area contributed by atoms with Gasteiger partial charge in [-0.25, -0.2) is 4.98 Å². The van der Waals surface area contributed by atoms with E-state index in [0.717, 1.165) is 18.7 Å². The third-order valence-electron chi connectivity index (χ3n) is 4.18. The van der Waals surface area contributed by atoms with Crippen molar-refractivity contribution >= 4 is 11.7 Å². The minimum absolute atomic E-state index is 0.0143. The van der Waals surface area contributed by atoms with Crippen molar-refractivity contribution in [2.24, 2.45) is 0 Å². The van der Waals surface area contributed by atoms with Crippen LogP contribution in [0.2, 0.25) is 0 Å². The summed E-state index contributed by atoms with van der Waals surface area (Å²) in [6.45, 7) is 1.81. The number of amides is 1. The maximum Gasteiger partial charge on any atom is 0.272 e. The zero-order chi connectivity index (χ0) is 16.9. The lowest BCUT2D eigenvalue weighted by Crippen LogP contribution is -2.45. The Morgan fingerprint density at radius 2 is 2.29 bits per heavy atom. The van der Waals surface area contributed by atoms with Crippen LogP contribution in [-0.4, -0.2) is 65.9 Å². The van der Waals surface area contributed by atoms with Crippen molar-refractivity contribution in [3.63, 3.8) is 0 Å². The highest BCUT2D eigenvalue weighted by Gasteiger charge is 2.25. The number of nitrogens with one attached hydrogen (secondary N) is 1. The second-order valence-electron chi connectivity index (χ2n) is 6.17. The molecule has 1 N–H and O–H groups in total. The van der Waals surface area contributed by atoms with Gasteiger partial charge in [0.1, 0.15) is 11.5 Å². The van der Waals surface area contributed by atoms with Gasteiger partial charge in [0.25, 0.3) is 5.91 Å². The minimum Gasteiger partial charge on any atom is -0.375 e. The van der Waals surface area contributed by atoms with Crippen molar-refractivity contribution < 1.29 is 9.53 Å². The first-order valence-electron chi connectivity index (χ1n) is 8.16. The summed E-state index contributed by atoms with van der Waals surface area (Å²) >= 11 is 0. The molecule has 0 radical (unpaired) electrons. The highest BCUT2D eigenvalue weighted by molar-refractivity contribution is 5.92. The Balaban J connectivity index is 1.56. The second kappa shape index (κ2) is 7.44. The van der Waals surface area contributed by atoms with Gasteiger partial charge in [-0.3, -0.25) is 9.89 Å². The second-order valence-corrected chi connectivity index (χ2v) is 6.17. The van der Waals surface area contributed by atoms with E-state index in [1.54, 1.807) is 12.3 Å². The van der Waals surface area contributed by atoms with E-state index < -0.39 is 0 Å². The topological polar surface area (TPSA) is 74.3 Å². The molecule has 7 nitrogen and oxygen atoms in total. The van der Waals surface area contributed by atoms with Gasteiger partial charge in [0, 0.05) is 39.6 Å². The van der Waals surface area contributed by atoms with Gasteiger partial charge in [-0.1, -0.05) is 0 Å². The van der Waals surface area contributed by atoms with Crippen molar-refractivity contribution in [1.29, 1.82) is 0 Å². The fourth-order valence-corrected chi connectivity index (χ4v) is 2.81. The number of carbonyl (C=O) groups excluding carboxylic acids is 1. The fraction of sp³-hybridized carbons (Fsp3) is 0.471. The van der Waals surface area contributed by atoms with Gasteiger partial charge in [-0.15, -0.1) is 0 Å². The van der Waals surface area contributed by atoms with Crippen LogP contribution >= 0.6 is 0 Å². The molecule has 0 aromatic carbocycles. The summed E-state index contributed by atoms with van der Waals surface area (Å²) in [6, 6.07) is 5.83. The molecule has 2 aromatic heterocycles. The lowest BCUT2D eigenvalue weighted by atomic mass is 10.1. The first-order chi connectivity index (χ1) is 11.6. The van der Waals surface area contributed by atoms with Crippen molar-refractivity contribution in [3.8, 4) is 0 Å².